The summed E-state index contributed by atoms with van der Waals surface area (Å²) in [6, 6.07) is 0. The Morgan fingerprint density at radius 1 is 1.00 bits per heavy atom. The van der Waals surface area contributed by atoms with Crippen LogP contribution in [0.25, 0.3) is 0 Å². The van der Waals surface area contributed by atoms with Crippen LogP contribution in [-0.2, 0) is 13.6 Å². The van der Waals surface area contributed by atoms with Gasteiger partial charge in [-0.2, -0.15) is 0 Å². The maximum Gasteiger partial charge on any atom is 0.200 e. The van der Waals surface area contributed by atoms with Crippen LogP contribution >= 0.6 is 0 Å². The molecule has 0 aliphatic carbocycles. The number of benzene rings is 1. The number of hydrogen-bond acceptors (Lipinski definition) is 3. The molecule has 0 aliphatic rings. The monoisotopic (exact) mass is 278 g/mol. The van der Waals surface area contributed by atoms with Crippen LogP contribution < -0.4 is 5.32 Å². The molecule has 4 nitrogen and oxygen atoms in total. The highest BCUT2D eigenvalue weighted by atomic mass is 19.2. The highest BCUT2D eigenvalue weighted by molar-refractivity contribution is 5.47. The van der Waals surface area contributed by atoms with Crippen LogP contribution in [0.4, 0.5) is 27.6 Å². The van der Waals surface area contributed by atoms with Gasteiger partial charge in [-0.05, 0) is 0 Å². The lowest BCUT2D eigenvalue weighted by Crippen LogP contribution is -2.10. The van der Waals surface area contributed by atoms with Crippen LogP contribution in [0.1, 0.15) is 5.69 Å². The van der Waals surface area contributed by atoms with E-state index in [9.17, 15) is 22.0 Å². The largest absolute Gasteiger partial charge is 0.374 e. The van der Waals surface area contributed by atoms with Crippen LogP contribution in [0.3, 0.4) is 0 Å². The molecule has 2 aromatic rings. The van der Waals surface area contributed by atoms with Crippen molar-refractivity contribution >= 4 is 5.69 Å². The Morgan fingerprint density at radius 3 is 2.00 bits per heavy atom. The molecule has 1 N–H and O–H groups in total. The number of nitrogens with zero attached hydrogens (tertiary/aromatic N) is 3. The number of hydrogen-bond donors (Lipinski definition) is 1. The molecule has 0 unspecified atom stereocenters. The summed E-state index contributed by atoms with van der Waals surface area (Å²) in [5, 5.41) is 9.26. The van der Waals surface area contributed by atoms with Gasteiger partial charge >= 0.3 is 0 Å². The van der Waals surface area contributed by atoms with E-state index in [1.165, 1.54) is 10.9 Å². The van der Waals surface area contributed by atoms with Gasteiger partial charge in [-0.3, -0.25) is 4.68 Å². The molecule has 0 saturated carbocycles. The molecule has 0 spiro atoms. The van der Waals surface area contributed by atoms with Gasteiger partial charge in [0.05, 0.1) is 6.54 Å². The van der Waals surface area contributed by atoms with Crippen molar-refractivity contribution in [1.29, 1.82) is 0 Å². The van der Waals surface area contributed by atoms with Crippen molar-refractivity contribution in [2.45, 2.75) is 6.54 Å². The second-order valence-corrected chi connectivity index (χ2v) is 3.68. The Morgan fingerprint density at radius 2 is 1.53 bits per heavy atom. The number of nitrogens with one attached hydrogen (secondary N) is 1. The highest BCUT2D eigenvalue weighted by Gasteiger charge is 2.25. The van der Waals surface area contributed by atoms with Crippen molar-refractivity contribution in [1.82, 2.24) is 15.0 Å². The maximum absolute atomic E-state index is 13.3. The van der Waals surface area contributed by atoms with E-state index in [1.807, 2.05) is 0 Å². The van der Waals surface area contributed by atoms with E-state index in [2.05, 4.69) is 15.6 Å². The Bertz CT molecular complexity index is 596. The Kier molecular flexibility index (Phi) is 3.36. The summed E-state index contributed by atoms with van der Waals surface area (Å²) >= 11 is 0. The standard InChI is InChI=1S/C10H7F5N4/c1-19-3-4(17-18-19)2-16-10-8(14)6(12)5(11)7(13)9(10)15/h3,16H,2H2,1H3. The van der Waals surface area contributed by atoms with Gasteiger partial charge in [-0.15, -0.1) is 5.10 Å². The number of halogens is 5. The van der Waals surface area contributed by atoms with E-state index in [1.54, 1.807) is 7.05 Å². The number of aromatic nitrogens is 3. The molecule has 1 aromatic carbocycles. The molecule has 19 heavy (non-hydrogen) atoms. The number of anilines is 1. The Hall–Kier alpha value is -2.19. The molecule has 0 fully saturated rings. The third kappa shape index (κ3) is 2.35. The molecule has 1 heterocycles. The quantitative estimate of drug-likeness (QED) is 0.531. The van der Waals surface area contributed by atoms with Crippen LogP contribution in [-0.4, -0.2) is 15.0 Å². The van der Waals surface area contributed by atoms with Crippen molar-refractivity contribution in [2.24, 2.45) is 7.05 Å². The predicted octanol–water partition coefficient (Wildman–Crippen LogP) is 2.12. The van der Waals surface area contributed by atoms with Crippen molar-refractivity contribution in [3.8, 4) is 0 Å². The van der Waals surface area contributed by atoms with Crippen LogP contribution in [0.15, 0.2) is 6.20 Å². The van der Waals surface area contributed by atoms with Crippen molar-refractivity contribution in [3.63, 3.8) is 0 Å². The van der Waals surface area contributed by atoms with E-state index in [-0.39, 0.29) is 12.2 Å². The van der Waals surface area contributed by atoms with E-state index in [0.29, 0.717) is 0 Å². The zero-order valence-electron chi connectivity index (χ0n) is 9.52. The van der Waals surface area contributed by atoms with Gasteiger partial charge in [-0.1, -0.05) is 5.21 Å². The second-order valence-electron chi connectivity index (χ2n) is 3.68. The molecule has 0 saturated heterocycles. The van der Waals surface area contributed by atoms with Crippen LogP contribution in [0, 0.1) is 29.1 Å². The first-order valence-electron chi connectivity index (χ1n) is 5.02. The normalized spacial score (nSPS) is 10.8. The lowest BCUT2D eigenvalue weighted by molar-refractivity contribution is 0.381. The van der Waals surface area contributed by atoms with Crippen molar-refractivity contribution < 1.29 is 22.0 Å². The van der Waals surface area contributed by atoms with E-state index in [4.69, 9.17) is 0 Å². The molecule has 102 valence electrons. The van der Waals surface area contributed by atoms with Crippen molar-refractivity contribution in [2.75, 3.05) is 5.32 Å². The SMILES string of the molecule is Cn1cc(CNc2c(F)c(F)c(F)c(F)c2F)nn1. The van der Waals surface area contributed by atoms with Gasteiger partial charge in [0.25, 0.3) is 0 Å². The minimum Gasteiger partial charge on any atom is -0.374 e. The fourth-order valence-electron chi connectivity index (χ4n) is 1.42. The average Bonchev–Trinajstić information content (AvgIpc) is 2.80. The molecular formula is C10H7F5N4. The first-order valence-corrected chi connectivity index (χ1v) is 5.02. The maximum atomic E-state index is 13.3. The Balaban J connectivity index is 2.30. The lowest BCUT2D eigenvalue weighted by Gasteiger charge is -2.09. The Labute approximate surface area is 103 Å². The fraction of sp³-hybridized carbons (Fsp3) is 0.200. The zero-order chi connectivity index (χ0) is 14.2. The number of rotatable bonds is 3. The minimum atomic E-state index is -2.19. The summed E-state index contributed by atoms with van der Waals surface area (Å²) in [5.74, 6) is -10.0. The average molecular weight is 278 g/mol. The van der Waals surface area contributed by atoms with E-state index in [0.717, 1.165) is 0 Å². The fourth-order valence-corrected chi connectivity index (χ4v) is 1.42. The molecule has 0 atom stereocenters. The molecule has 0 aliphatic heterocycles. The van der Waals surface area contributed by atoms with Gasteiger partial charge in [0.1, 0.15) is 11.4 Å². The van der Waals surface area contributed by atoms with Gasteiger partial charge in [0.2, 0.25) is 5.82 Å². The van der Waals surface area contributed by atoms with Gasteiger partial charge in [0, 0.05) is 13.2 Å². The first-order chi connectivity index (χ1) is 8.91. The molecule has 1 aromatic heterocycles. The highest BCUT2D eigenvalue weighted by Crippen LogP contribution is 2.27. The first kappa shape index (κ1) is 13.2. The molecule has 0 amide bonds. The summed E-state index contributed by atoms with van der Waals surface area (Å²) in [7, 11) is 1.56. The van der Waals surface area contributed by atoms with E-state index >= 15 is 0 Å². The van der Waals surface area contributed by atoms with Gasteiger partial charge < -0.3 is 5.32 Å². The van der Waals surface area contributed by atoms with Crippen molar-refractivity contribution in [3.05, 3.63) is 41.0 Å². The minimum absolute atomic E-state index is 0.230. The predicted molar refractivity (Wildman–Crippen MR) is 54.6 cm³/mol. The smallest absolute Gasteiger partial charge is 0.200 e. The molecular weight excluding hydrogens is 271 g/mol. The third-order valence-electron chi connectivity index (χ3n) is 2.31. The molecule has 2 rings (SSSR count). The van der Waals surface area contributed by atoms with Gasteiger partial charge in [0.15, 0.2) is 23.3 Å². The van der Waals surface area contributed by atoms with Crippen LogP contribution in [0.2, 0.25) is 0 Å². The summed E-state index contributed by atoms with van der Waals surface area (Å²) in [4.78, 5) is 0. The zero-order valence-corrected chi connectivity index (χ0v) is 9.52. The lowest BCUT2D eigenvalue weighted by atomic mass is 10.2. The molecule has 0 bridgehead atoms. The van der Waals surface area contributed by atoms with E-state index < -0.39 is 34.8 Å². The topological polar surface area (TPSA) is 42.7 Å². The second kappa shape index (κ2) is 4.82. The molecule has 0 radical (unpaired) electrons. The summed E-state index contributed by atoms with van der Waals surface area (Å²) in [6.45, 7) is -0.230. The number of aryl methyl sites for hydroxylation is 1. The summed E-state index contributed by atoms with van der Waals surface area (Å²) in [5.41, 5.74) is -0.812. The summed E-state index contributed by atoms with van der Waals surface area (Å²) in [6.07, 6.45) is 1.43. The van der Waals surface area contributed by atoms with Gasteiger partial charge in [-0.25, -0.2) is 22.0 Å². The third-order valence-corrected chi connectivity index (χ3v) is 2.31. The van der Waals surface area contributed by atoms with Crippen LogP contribution in [0.5, 0.6) is 0 Å². The summed E-state index contributed by atoms with van der Waals surface area (Å²) < 4.78 is 66.5. The molecule has 9 heteroatoms.